The van der Waals surface area contributed by atoms with Gasteiger partial charge >= 0.3 is 0 Å². The molecule has 0 aliphatic heterocycles. The number of aromatic nitrogens is 1. The molecule has 1 aromatic rings. The molecule has 1 saturated carbocycles. The first-order valence-corrected chi connectivity index (χ1v) is 7.12. The first-order chi connectivity index (χ1) is 8.72. The molecule has 3 heteroatoms. The van der Waals surface area contributed by atoms with E-state index in [4.69, 9.17) is 4.98 Å². The van der Waals surface area contributed by atoms with Gasteiger partial charge in [0.2, 0.25) is 0 Å². The second kappa shape index (κ2) is 6.19. The lowest BCUT2D eigenvalue weighted by Crippen LogP contribution is -2.31. The molecule has 0 radical (unpaired) electrons. The Bertz CT molecular complexity index is 374. The molecule has 1 aliphatic rings. The van der Waals surface area contributed by atoms with Crippen LogP contribution in [-0.2, 0) is 6.54 Å². The lowest BCUT2D eigenvalue weighted by Gasteiger charge is -2.26. The molecule has 1 aliphatic carbocycles. The van der Waals surface area contributed by atoms with Crippen LogP contribution in [0.1, 0.15) is 38.8 Å². The highest BCUT2D eigenvalue weighted by Gasteiger charge is 2.30. The van der Waals surface area contributed by atoms with Crippen LogP contribution < -0.4 is 10.2 Å². The molecule has 0 saturated heterocycles. The van der Waals surface area contributed by atoms with Crippen LogP contribution in [0.3, 0.4) is 0 Å². The molecule has 1 atom stereocenters. The number of hydrogen-bond acceptors (Lipinski definition) is 3. The summed E-state index contributed by atoms with van der Waals surface area (Å²) in [6, 6.07) is 6.93. The second-order valence-electron chi connectivity index (χ2n) is 5.35. The molecule has 1 unspecified atom stereocenters. The van der Waals surface area contributed by atoms with Crippen molar-refractivity contribution in [3.8, 4) is 0 Å². The monoisotopic (exact) mass is 247 g/mol. The van der Waals surface area contributed by atoms with Crippen molar-refractivity contribution in [2.24, 2.45) is 5.92 Å². The van der Waals surface area contributed by atoms with Crippen molar-refractivity contribution in [3.63, 3.8) is 0 Å². The number of nitrogens with one attached hydrogen (secondary N) is 1. The Morgan fingerprint density at radius 1 is 1.44 bits per heavy atom. The molecular formula is C15H25N3. The minimum absolute atomic E-state index is 0.608. The van der Waals surface area contributed by atoms with E-state index in [9.17, 15) is 0 Å². The van der Waals surface area contributed by atoms with E-state index in [1.54, 1.807) is 0 Å². The van der Waals surface area contributed by atoms with Crippen molar-refractivity contribution in [1.29, 1.82) is 0 Å². The summed E-state index contributed by atoms with van der Waals surface area (Å²) in [6.07, 6.45) is 3.92. The van der Waals surface area contributed by atoms with E-state index in [0.717, 1.165) is 36.9 Å². The average molecular weight is 247 g/mol. The van der Waals surface area contributed by atoms with Gasteiger partial charge in [0.05, 0.1) is 5.69 Å². The molecule has 0 bridgehead atoms. The fourth-order valence-corrected chi connectivity index (χ4v) is 2.26. The Labute approximate surface area is 111 Å². The number of nitrogens with zero attached hydrogens (tertiary/aromatic N) is 2. The van der Waals surface area contributed by atoms with Gasteiger partial charge in [0, 0.05) is 19.6 Å². The van der Waals surface area contributed by atoms with E-state index in [1.165, 1.54) is 12.8 Å². The Morgan fingerprint density at radius 3 is 2.89 bits per heavy atom. The lowest BCUT2D eigenvalue weighted by molar-refractivity contribution is 0.601. The summed E-state index contributed by atoms with van der Waals surface area (Å²) in [4.78, 5) is 7.06. The van der Waals surface area contributed by atoms with Crippen molar-refractivity contribution < 1.29 is 0 Å². The smallest absolute Gasteiger partial charge is 0.128 e. The summed E-state index contributed by atoms with van der Waals surface area (Å²) in [5.41, 5.74) is 1.13. The van der Waals surface area contributed by atoms with E-state index >= 15 is 0 Å². The van der Waals surface area contributed by atoms with Gasteiger partial charge in [-0.25, -0.2) is 4.98 Å². The van der Waals surface area contributed by atoms with Crippen molar-refractivity contribution in [2.75, 3.05) is 18.5 Å². The molecule has 1 aromatic heterocycles. The molecule has 3 nitrogen and oxygen atoms in total. The third-order valence-corrected chi connectivity index (χ3v) is 3.80. The van der Waals surface area contributed by atoms with Gasteiger partial charge in [-0.1, -0.05) is 13.0 Å². The van der Waals surface area contributed by atoms with Crippen molar-refractivity contribution >= 4 is 5.82 Å². The molecule has 1 N–H and O–H groups in total. The third-order valence-electron chi connectivity index (χ3n) is 3.80. The van der Waals surface area contributed by atoms with Crippen LogP contribution in [0.5, 0.6) is 0 Å². The first-order valence-electron chi connectivity index (χ1n) is 7.12. The van der Waals surface area contributed by atoms with Crippen molar-refractivity contribution in [2.45, 2.75) is 45.7 Å². The molecule has 0 spiro atoms. The quantitative estimate of drug-likeness (QED) is 0.751. The van der Waals surface area contributed by atoms with E-state index < -0.39 is 0 Å². The summed E-state index contributed by atoms with van der Waals surface area (Å²) >= 11 is 0. The van der Waals surface area contributed by atoms with Gasteiger partial charge in [0.15, 0.2) is 0 Å². The highest BCUT2D eigenvalue weighted by atomic mass is 15.2. The van der Waals surface area contributed by atoms with E-state index in [2.05, 4.69) is 49.3 Å². The predicted octanol–water partition coefficient (Wildman–Crippen LogP) is 2.82. The lowest BCUT2D eigenvalue weighted by atomic mass is 10.2. The first kappa shape index (κ1) is 13.3. The summed E-state index contributed by atoms with van der Waals surface area (Å²) in [7, 11) is 2.16. The maximum Gasteiger partial charge on any atom is 0.128 e. The van der Waals surface area contributed by atoms with Crippen LogP contribution in [-0.4, -0.2) is 24.6 Å². The van der Waals surface area contributed by atoms with Crippen LogP contribution in [0.2, 0.25) is 0 Å². The highest BCUT2D eigenvalue weighted by Crippen LogP contribution is 2.35. The Morgan fingerprint density at radius 2 is 2.22 bits per heavy atom. The van der Waals surface area contributed by atoms with Gasteiger partial charge in [-0.3, -0.25) is 0 Å². The Hall–Kier alpha value is -1.09. The van der Waals surface area contributed by atoms with Gasteiger partial charge in [0.1, 0.15) is 5.82 Å². The van der Waals surface area contributed by atoms with E-state index in [1.807, 2.05) is 0 Å². The summed E-state index contributed by atoms with van der Waals surface area (Å²) < 4.78 is 0. The Kier molecular flexibility index (Phi) is 4.59. The predicted molar refractivity (Wildman–Crippen MR) is 76.8 cm³/mol. The average Bonchev–Trinajstić information content (AvgIpc) is 3.22. The van der Waals surface area contributed by atoms with Crippen LogP contribution in [0, 0.1) is 5.92 Å². The maximum atomic E-state index is 4.74. The zero-order valence-electron chi connectivity index (χ0n) is 11.8. The van der Waals surface area contributed by atoms with Crippen LogP contribution in [0.15, 0.2) is 18.2 Å². The molecule has 1 heterocycles. The number of hydrogen-bond donors (Lipinski definition) is 1. The Balaban J connectivity index is 1.96. The minimum atomic E-state index is 0.608. The number of pyridine rings is 1. The summed E-state index contributed by atoms with van der Waals surface area (Å²) in [5.74, 6) is 1.98. The highest BCUT2D eigenvalue weighted by molar-refractivity contribution is 5.39. The topological polar surface area (TPSA) is 28.2 Å². The molecular weight excluding hydrogens is 222 g/mol. The largest absolute Gasteiger partial charge is 0.357 e. The third kappa shape index (κ3) is 3.45. The van der Waals surface area contributed by atoms with Crippen LogP contribution in [0.4, 0.5) is 5.82 Å². The standard InChI is InChI=1S/C15H25N3/c1-4-10-16-11-14-6-5-7-15(17-14)18(3)12(2)13-8-9-13/h5-7,12-13,16H,4,8-11H2,1-3H3. The molecule has 18 heavy (non-hydrogen) atoms. The SMILES string of the molecule is CCCNCc1cccc(N(C)C(C)C2CC2)n1. The second-order valence-corrected chi connectivity index (χ2v) is 5.35. The van der Waals surface area contributed by atoms with Gasteiger partial charge in [0.25, 0.3) is 0 Å². The van der Waals surface area contributed by atoms with E-state index in [0.29, 0.717) is 6.04 Å². The minimum Gasteiger partial charge on any atom is -0.357 e. The molecule has 2 rings (SSSR count). The van der Waals surface area contributed by atoms with Crippen molar-refractivity contribution in [3.05, 3.63) is 23.9 Å². The summed E-state index contributed by atoms with van der Waals surface area (Å²) in [5, 5.41) is 3.40. The van der Waals surface area contributed by atoms with Gasteiger partial charge in [-0.2, -0.15) is 0 Å². The fourth-order valence-electron chi connectivity index (χ4n) is 2.26. The van der Waals surface area contributed by atoms with Gasteiger partial charge in [-0.15, -0.1) is 0 Å². The van der Waals surface area contributed by atoms with Gasteiger partial charge in [-0.05, 0) is 50.8 Å². The molecule has 0 aromatic carbocycles. The normalized spacial score (nSPS) is 16.6. The van der Waals surface area contributed by atoms with Crippen molar-refractivity contribution in [1.82, 2.24) is 10.3 Å². The van der Waals surface area contributed by atoms with E-state index in [-0.39, 0.29) is 0 Å². The van der Waals surface area contributed by atoms with Crippen LogP contribution in [0.25, 0.3) is 0 Å². The number of rotatable bonds is 7. The molecule has 1 fully saturated rings. The molecule has 100 valence electrons. The summed E-state index contributed by atoms with van der Waals surface area (Å²) in [6.45, 7) is 6.41. The zero-order valence-corrected chi connectivity index (χ0v) is 11.8. The number of anilines is 1. The maximum absolute atomic E-state index is 4.74. The van der Waals surface area contributed by atoms with Gasteiger partial charge < -0.3 is 10.2 Å². The zero-order chi connectivity index (χ0) is 13.0. The fraction of sp³-hybridized carbons (Fsp3) is 0.667. The molecule has 0 amide bonds. The van der Waals surface area contributed by atoms with Crippen LogP contribution >= 0.6 is 0 Å².